The molecule has 4 aromatic rings. The molecule has 3 aromatic heterocycles. The summed E-state index contributed by atoms with van der Waals surface area (Å²) in [6.45, 7) is 1.77. The fourth-order valence-corrected chi connectivity index (χ4v) is 5.08. The molecule has 1 aliphatic heterocycles. The second kappa shape index (κ2) is 7.00. The van der Waals surface area contributed by atoms with Gasteiger partial charge in [-0.3, -0.25) is 4.90 Å². The third kappa shape index (κ3) is 2.96. The molecule has 0 spiro atoms. The Balaban J connectivity index is 1.44. The molecule has 0 saturated carbocycles. The summed E-state index contributed by atoms with van der Waals surface area (Å²) in [6, 6.07) is 12.2. The Morgan fingerprint density at radius 1 is 1.25 bits per heavy atom. The molecule has 4 heterocycles. The van der Waals surface area contributed by atoms with E-state index in [1.165, 1.54) is 16.8 Å². The number of imidazole rings is 1. The van der Waals surface area contributed by atoms with Crippen LogP contribution < -0.4 is 0 Å². The van der Waals surface area contributed by atoms with Gasteiger partial charge in [0.1, 0.15) is 10.6 Å². The lowest BCUT2D eigenvalue weighted by atomic mass is 10.2. The fourth-order valence-electron chi connectivity index (χ4n) is 3.94. The number of hydrogen-bond acceptors (Lipinski definition) is 6. The Kier molecular flexibility index (Phi) is 4.33. The van der Waals surface area contributed by atoms with Crippen LogP contribution in [0.1, 0.15) is 39.9 Å². The van der Waals surface area contributed by atoms with Gasteiger partial charge in [0.2, 0.25) is 0 Å². The van der Waals surface area contributed by atoms with E-state index in [0.717, 1.165) is 37.1 Å². The average Bonchev–Trinajstić information content (AvgIpc) is 3.44. The molecule has 6 nitrogen and oxygen atoms in total. The fraction of sp³-hybridized carbons (Fsp3) is 0.286. The second-order valence-corrected chi connectivity index (χ2v) is 8.09. The van der Waals surface area contributed by atoms with Gasteiger partial charge in [0.05, 0.1) is 29.1 Å². The first kappa shape index (κ1) is 17.3. The molecule has 1 saturated heterocycles. The number of benzene rings is 1. The van der Waals surface area contributed by atoms with Crippen molar-refractivity contribution in [3.05, 3.63) is 65.1 Å². The minimum Gasteiger partial charge on any atom is -0.465 e. The van der Waals surface area contributed by atoms with Crippen LogP contribution in [-0.2, 0) is 11.3 Å². The van der Waals surface area contributed by atoms with Crippen molar-refractivity contribution in [2.45, 2.75) is 25.4 Å². The van der Waals surface area contributed by atoms with Crippen LogP contribution in [0.5, 0.6) is 0 Å². The van der Waals surface area contributed by atoms with Gasteiger partial charge in [-0.05, 0) is 43.7 Å². The molecule has 1 aliphatic rings. The molecule has 1 atom stereocenters. The van der Waals surface area contributed by atoms with Crippen LogP contribution in [0.15, 0.2) is 48.8 Å². The van der Waals surface area contributed by atoms with E-state index in [0.29, 0.717) is 17.3 Å². The van der Waals surface area contributed by atoms with Gasteiger partial charge < -0.3 is 9.14 Å². The minimum atomic E-state index is -0.365. The molecular weight excluding hydrogens is 372 g/mol. The van der Waals surface area contributed by atoms with Crippen molar-refractivity contribution in [3.8, 4) is 0 Å². The summed E-state index contributed by atoms with van der Waals surface area (Å²) in [5.74, 6) is -0.365. The molecule has 0 radical (unpaired) electrons. The summed E-state index contributed by atoms with van der Waals surface area (Å²) in [5.41, 5.74) is 3.15. The van der Waals surface area contributed by atoms with E-state index < -0.39 is 0 Å². The van der Waals surface area contributed by atoms with Gasteiger partial charge in [-0.15, -0.1) is 11.3 Å². The Bertz CT molecular complexity index is 1130. The van der Waals surface area contributed by atoms with Crippen molar-refractivity contribution in [1.82, 2.24) is 19.3 Å². The standard InChI is InChI=1S/C21H20N4O2S/c1-27-21(26)15-6-4-11-25-13-14(22-19(15)25)12-24-10-5-8-17(24)20-23-16-7-2-3-9-18(16)28-20/h2-4,6-7,9,11,13,17H,5,8,10,12H2,1H3. The summed E-state index contributed by atoms with van der Waals surface area (Å²) >= 11 is 1.78. The number of likely N-dealkylation sites (tertiary alicyclic amines) is 1. The lowest BCUT2D eigenvalue weighted by Gasteiger charge is -2.21. The summed E-state index contributed by atoms with van der Waals surface area (Å²) in [6.07, 6.45) is 6.17. The molecule has 1 unspecified atom stereocenters. The first-order valence-electron chi connectivity index (χ1n) is 9.37. The van der Waals surface area contributed by atoms with Gasteiger partial charge in [0, 0.05) is 18.9 Å². The molecule has 5 rings (SSSR count). The highest BCUT2D eigenvalue weighted by Gasteiger charge is 2.29. The zero-order valence-electron chi connectivity index (χ0n) is 15.5. The number of methoxy groups -OCH3 is 1. The van der Waals surface area contributed by atoms with Gasteiger partial charge in [-0.25, -0.2) is 14.8 Å². The summed E-state index contributed by atoms with van der Waals surface area (Å²) in [4.78, 5) is 24.0. The molecule has 0 amide bonds. The van der Waals surface area contributed by atoms with Crippen molar-refractivity contribution in [2.24, 2.45) is 0 Å². The molecular formula is C21H20N4O2S. The first-order valence-corrected chi connectivity index (χ1v) is 10.2. The van der Waals surface area contributed by atoms with Gasteiger partial charge in [-0.2, -0.15) is 0 Å². The van der Waals surface area contributed by atoms with Gasteiger partial charge in [0.25, 0.3) is 0 Å². The van der Waals surface area contributed by atoms with Gasteiger partial charge >= 0.3 is 5.97 Å². The lowest BCUT2D eigenvalue weighted by Crippen LogP contribution is -2.22. The summed E-state index contributed by atoms with van der Waals surface area (Å²) < 4.78 is 8.01. The normalized spacial score (nSPS) is 17.5. The molecule has 0 bridgehead atoms. The van der Waals surface area contributed by atoms with Crippen LogP contribution in [-0.4, -0.2) is 38.9 Å². The van der Waals surface area contributed by atoms with E-state index in [9.17, 15) is 4.79 Å². The smallest absolute Gasteiger partial charge is 0.341 e. The molecule has 7 heteroatoms. The average molecular weight is 392 g/mol. The highest BCUT2D eigenvalue weighted by Crippen LogP contribution is 2.37. The summed E-state index contributed by atoms with van der Waals surface area (Å²) in [5, 5.41) is 1.18. The predicted molar refractivity (Wildman–Crippen MR) is 109 cm³/mol. The first-order chi connectivity index (χ1) is 13.7. The maximum atomic E-state index is 12.0. The number of fused-ring (bicyclic) bond motifs is 2. The number of carbonyl (C=O) groups excluding carboxylic acids is 1. The monoisotopic (exact) mass is 392 g/mol. The Hall–Kier alpha value is -2.77. The van der Waals surface area contributed by atoms with Crippen molar-refractivity contribution in [3.63, 3.8) is 0 Å². The molecule has 0 aliphatic carbocycles. The number of para-hydroxylation sites is 1. The van der Waals surface area contributed by atoms with E-state index >= 15 is 0 Å². The van der Waals surface area contributed by atoms with Crippen molar-refractivity contribution >= 4 is 33.2 Å². The third-order valence-electron chi connectivity index (χ3n) is 5.26. The minimum absolute atomic E-state index is 0.322. The maximum absolute atomic E-state index is 12.0. The van der Waals surface area contributed by atoms with Crippen LogP contribution in [0, 0.1) is 0 Å². The molecule has 28 heavy (non-hydrogen) atoms. The number of pyridine rings is 1. The number of hydrogen-bond donors (Lipinski definition) is 0. The van der Waals surface area contributed by atoms with Gasteiger partial charge in [0.15, 0.2) is 5.65 Å². The van der Waals surface area contributed by atoms with Crippen molar-refractivity contribution in [2.75, 3.05) is 13.7 Å². The zero-order chi connectivity index (χ0) is 19.1. The van der Waals surface area contributed by atoms with E-state index in [-0.39, 0.29) is 5.97 Å². The number of rotatable bonds is 4. The van der Waals surface area contributed by atoms with E-state index in [1.54, 1.807) is 17.4 Å². The second-order valence-electron chi connectivity index (χ2n) is 7.02. The number of nitrogens with zero attached hydrogens (tertiary/aromatic N) is 4. The quantitative estimate of drug-likeness (QED) is 0.490. The van der Waals surface area contributed by atoms with Crippen LogP contribution in [0.25, 0.3) is 15.9 Å². The SMILES string of the molecule is COC(=O)c1cccn2cc(CN3CCCC3c3nc4ccccc4s3)nc12. The third-order valence-corrected chi connectivity index (χ3v) is 6.40. The number of aromatic nitrogens is 3. The van der Waals surface area contributed by atoms with E-state index in [1.807, 2.05) is 28.9 Å². The Morgan fingerprint density at radius 2 is 2.14 bits per heavy atom. The molecule has 1 fully saturated rings. The highest BCUT2D eigenvalue weighted by molar-refractivity contribution is 7.18. The largest absolute Gasteiger partial charge is 0.465 e. The van der Waals surface area contributed by atoms with Crippen molar-refractivity contribution in [1.29, 1.82) is 0 Å². The molecule has 1 aromatic carbocycles. The topological polar surface area (TPSA) is 59.7 Å². The van der Waals surface area contributed by atoms with Crippen LogP contribution in [0.4, 0.5) is 0 Å². The van der Waals surface area contributed by atoms with E-state index in [2.05, 4.69) is 23.1 Å². The maximum Gasteiger partial charge on any atom is 0.341 e. The number of thiazole rings is 1. The Labute approximate surface area is 166 Å². The molecule has 142 valence electrons. The van der Waals surface area contributed by atoms with Crippen LogP contribution >= 0.6 is 11.3 Å². The summed E-state index contributed by atoms with van der Waals surface area (Å²) in [7, 11) is 1.39. The number of carbonyl (C=O) groups is 1. The van der Waals surface area contributed by atoms with E-state index in [4.69, 9.17) is 14.7 Å². The number of ether oxygens (including phenoxy) is 1. The number of esters is 1. The Morgan fingerprint density at radius 3 is 3.00 bits per heavy atom. The van der Waals surface area contributed by atoms with Gasteiger partial charge in [-0.1, -0.05) is 12.1 Å². The lowest BCUT2D eigenvalue weighted by molar-refractivity contribution is 0.0602. The van der Waals surface area contributed by atoms with Crippen LogP contribution in [0.3, 0.4) is 0 Å². The highest BCUT2D eigenvalue weighted by atomic mass is 32.1. The van der Waals surface area contributed by atoms with Crippen LogP contribution in [0.2, 0.25) is 0 Å². The molecule has 0 N–H and O–H groups in total. The predicted octanol–water partition coefficient (Wildman–Crippen LogP) is 4.07. The van der Waals surface area contributed by atoms with Crippen molar-refractivity contribution < 1.29 is 9.53 Å². The zero-order valence-corrected chi connectivity index (χ0v) is 16.4.